The zero-order valence-corrected chi connectivity index (χ0v) is 17.4. The van der Waals surface area contributed by atoms with Gasteiger partial charge in [0.1, 0.15) is 6.10 Å². The van der Waals surface area contributed by atoms with Crippen molar-refractivity contribution in [3.05, 3.63) is 0 Å². The molecule has 2 heteroatoms. The quantitative estimate of drug-likeness (QED) is 0.346. The Hall–Kier alpha value is -0.530. The van der Waals surface area contributed by atoms with E-state index in [0.717, 1.165) is 42.4 Å². The second kappa shape index (κ2) is 10.1. The molecular formula is C24H42O2. The molecule has 4 unspecified atom stereocenters. The summed E-state index contributed by atoms with van der Waals surface area (Å²) in [7, 11) is 0. The molecule has 3 saturated carbocycles. The molecule has 0 heterocycles. The number of hydrogen-bond acceptors (Lipinski definition) is 2. The second-order valence-electron chi connectivity index (χ2n) is 9.59. The number of hydrogen-bond donors (Lipinski definition) is 0. The number of unbranched alkanes of at least 4 members (excludes halogenated alkanes) is 4. The Balaban J connectivity index is 1.42. The minimum Gasteiger partial charge on any atom is -0.462 e. The molecule has 150 valence electrons. The molecule has 0 spiro atoms. The molecule has 26 heavy (non-hydrogen) atoms. The first kappa shape index (κ1) is 20.2. The lowest BCUT2D eigenvalue weighted by atomic mass is 9.56. The van der Waals surface area contributed by atoms with E-state index in [0.29, 0.717) is 6.42 Å². The molecule has 0 aliphatic heterocycles. The second-order valence-corrected chi connectivity index (χ2v) is 9.59. The van der Waals surface area contributed by atoms with Gasteiger partial charge in [-0.25, -0.2) is 0 Å². The predicted octanol–water partition coefficient (Wildman–Crippen LogP) is 6.91. The van der Waals surface area contributed by atoms with Crippen molar-refractivity contribution >= 4 is 5.97 Å². The third kappa shape index (κ3) is 5.26. The van der Waals surface area contributed by atoms with Crippen molar-refractivity contribution in [2.24, 2.45) is 29.6 Å². The minimum atomic E-state index is 0.00146. The van der Waals surface area contributed by atoms with Crippen LogP contribution >= 0.6 is 0 Å². The number of ether oxygens (including phenoxy) is 1. The zero-order chi connectivity index (χ0) is 18.4. The molecule has 0 radical (unpaired) electrons. The first-order chi connectivity index (χ1) is 12.7. The normalized spacial score (nSPS) is 36.8. The van der Waals surface area contributed by atoms with Gasteiger partial charge >= 0.3 is 5.97 Å². The summed E-state index contributed by atoms with van der Waals surface area (Å²) in [6, 6.07) is 0. The smallest absolute Gasteiger partial charge is 0.305 e. The van der Waals surface area contributed by atoms with Crippen molar-refractivity contribution < 1.29 is 9.53 Å². The Bertz CT molecular complexity index is 432. The molecule has 6 atom stereocenters. The van der Waals surface area contributed by atoms with Gasteiger partial charge in [0.2, 0.25) is 0 Å². The molecule has 0 bridgehead atoms. The highest BCUT2D eigenvalue weighted by Gasteiger charge is 2.44. The highest BCUT2D eigenvalue weighted by Crippen LogP contribution is 2.53. The van der Waals surface area contributed by atoms with E-state index in [1.165, 1.54) is 77.0 Å². The molecule has 3 aliphatic rings. The third-order valence-corrected chi connectivity index (χ3v) is 7.90. The van der Waals surface area contributed by atoms with Gasteiger partial charge in [-0.1, -0.05) is 58.8 Å². The summed E-state index contributed by atoms with van der Waals surface area (Å²) in [6.07, 6.45) is 20.3. The van der Waals surface area contributed by atoms with E-state index in [1.54, 1.807) is 0 Å². The van der Waals surface area contributed by atoms with Crippen molar-refractivity contribution in [2.75, 3.05) is 0 Å². The highest BCUT2D eigenvalue weighted by atomic mass is 16.5. The number of fused-ring (bicyclic) bond motifs is 3. The van der Waals surface area contributed by atoms with E-state index in [1.807, 2.05) is 6.92 Å². The minimum absolute atomic E-state index is 0.00146. The lowest BCUT2D eigenvalue weighted by Crippen LogP contribution is -2.43. The highest BCUT2D eigenvalue weighted by molar-refractivity contribution is 5.69. The van der Waals surface area contributed by atoms with Gasteiger partial charge in [-0.15, -0.1) is 0 Å². The van der Waals surface area contributed by atoms with E-state index in [2.05, 4.69) is 6.92 Å². The lowest BCUT2D eigenvalue weighted by molar-refractivity contribution is -0.153. The SMILES string of the molecule is CCCCCCC[C@H]1CCC2C(CCC3C[C@@H](OC(=O)CC)CCC32)C1. The summed E-state index contributed by atoms with van der Waals surface area (Å²) >= 11 is 0. The molecule has 3 aliphatic carbocycles. The Labute approximate surface area is 161 Å². The summed E-state index contributed by atoms with van der Waals surface area (Å²) in [5, 5.41) is 0. The Morgan fingerprint density at radius 2 is 1.50 bits per heavy atom. The molecule has 0 amide bonds. The average Bonchev–Trinajstić information content (AvgIpc) is 2.67. The van der Waals surface area contributed by atoms with Gasteiger partial charge < -0.3 is 4.74 Å². The van der Waals surface area contributed by atoms with Crippen LogP contribution < -0.4 is 0 Å². The van der Waals surface area contributed by atoms with Crippen LogP contribution in [0.15, 0.2) is 0 Å². The molecule has 3 fully saturated rings. The fourth-order valence-electron chi connectivity index (χ4n) is 6.52. The molecule has 0 N–H and O–H groups in total. The Morgan fingerprint density at radius 1 is 0.808 bits per heavy atom. The number of rotatable bonds is 8. The van der Waals surface area contributed by atoms with E-state index in [9.17, 15) is 4.79 Å². The van der Waals surface area contributed by atoms with Gasteiger partial charge in [0.15, 0.2) is 0 Å². The topological polar surface area (TPSA) is 26.3 Å². The van der Waals surface area contributed by atoms with E-state index in [4.69, 9.17) is 4.74 Å². The molecule has 0 aromatic heterocycles. The molecule has 0 aromatic rings. The van der Waals surface area contributed by atoms with Crippen molar-refractivity contribution in [3.63, 3.8) is 0 Å². The van der Waals surface area contributed by atoms with Gasteiger partial charge in [-0.2, -0.15) is 0 Å². The van der Waals surface area contributed by atoms with Crippen molar-refractivity contribution in [1.29, 1.82) is 0 Å². The summed E-state index contributed by atoms with van der Waals surface area (Å²) in [5.74, 6) is 4.81. The van der Waals surface area contributed by atoms with E-state index < -0.39 is 0 Å². The van der Waals surface area contributed by atoms with E-state index >= 15 is 0 Å². The van der Waals surface area contributed by atoms with Crippen molar-refractivity contribution in [1.82, 2.24) is 0 Å². The van der Waals surface area contributed by atoms with Crippen LogP contribution in [-0.2, 0) is 9.53 Å². The number of carbonyl (C=O) groups excluding carboxylic acids is 1. The van der Waals surface area contributed by atoms with Gasteiger partial charge in [0.05, 0.1) is 0 Å². The van der Waals surface area contributed by atoms with Crippen LogP contribution in [0.3, 0.4) is 0 Å². The average molecular weight is 363 g/mol. The monoisotopic (exact) mass is 362 g/mol. The zero-order valence-electron chi connectivity index (χ0n) is 17.4. The fraction of sp³-hybridized carbons (Fsp3) is 0.958. The largest absolute Gasteiger partial charge is 0.462 e. The van der Waals surface area contributed by atoms with Crippen LogP contribution in [0, 0.1) is 29.6 Å². The van der Waals surface area contributed by atoms with Gasteiger partial charge in [-0.3, -0.25) is 4.79 Å². The molecular weight excluding hydrogens is 320 g/mol. The predicted molar refractivity (Wildman–Crippen MR) is 108 cm³/mol. The Kier molecular flexibility index (Phi) is 7.88. The third-order valence-electron chi connectivity index (χ3n) is 7.90. The van der Waals surface area contributed by atoms with Crippen molar-refractivity contribution in [3.8, 4) is 0 Å². The van der Waals surface area contributed by atoms with Crippen LogP contribution in [0.25, 0.3) is 0 Å². The lowest BCUT2D eigenvalue weighted by Gasteiger charge is -2.50. The summed E-state index contributed by atoms with van der Waals surface area (Å²) in [4.78, 5) is 11.6. The Morgan fingerprint density at radius 3 is 2.23 bits per heavy atom. The van der Waals surface area contributed by atoms with Gasteiger partial charge in [0.25, 0.3) is 0 Å². The molecule has 0 saturated heterocycles. The maximum atomic E-state index is 11.6. The summed E-state index contributed by atoms with van der Waals surface area (Å²) < 4.78 is 5.68. The van der Waals surface area contributed by atoms with Crippen LogP contribution in [-0.4, -0.2) is 12.1 Å². The van der Waals surface area contributed by atoms with Crippen LogP contribution in [0.2, 0.25) is 0 Å². The van der Waals surface area contributed by atoms with Crippen molar-refractivity contribution in [2.45, 2.75) is 116 Å². The van der Waals surface area contributed by atoms with Crippen LogP contribution in [0.5, 0.6) is 0 Å². The first-order valence-corrected chi connectivity index (χ1v) is 11.9. The van der Waals surface area contributed by atoms with Crippen LogP contribution in [0.4, 0.5) is 0 Å². The molecule has 3 rings (SSSR count). The summed E-state index contributed by atoms with van der Waals surface area (Å²) in [6.45, 7) is 4.21. The maximum absolute atomic E-state index is 11.6. The maximum Gasteiger partial charge on any atom is 0.305 e. The summed E-state index contributed by atoms with van der Waals surface area (Å²) in [5.41, 5.74) is 0. The number of carbonyl (C=O) groups is 1. The first-order valence-electron chi connectivity index (χ1n) is 11.9. The number of esters is 1. The van der Waals surface area contributed by atoms with Gasteiger partial charge in [0, 0.05) is 6.42 Å². The molecule has 0 aromatic carbocycles. The van der Waals surface area contributed by atoms with Crippen LogP contribution in [0.1, 0.15) is 110 Å². The fourth-order valence-corrected chi connectivity index (χ4v) is 6.52. The van der Waals surface area contributed by atoms with E-state index in [-0.39, 0.29) is 12.1 Å². The standard InChI is InChI=1S/C24H42O2/c1-3-5-6-7-8-9-18-10-14-22-19(16-18)11-12-20-17-21(13-15-23(20)22)26-24(25)4-2/h18-23H,3-17H2,1-2H3/t18-,19?,20?,21-,22?,23?/m0/s1. The van der Waals surface area contributed by atoms with Gasteiger partial charge in [-0.05, 0) is 74.5 Å². The molecule has 2 nitrogen and oxygen atoms in total.